The monoisotopic (exact) mass is 440 g/mol. The highest BCUT2D eigenvalue weighted by atomic mass is 16.5. The molecule has 32 heavy (non-hydrogen) atoms. The number of carbonyl (C=O) groups excluding carboxylic acids is 3. The van der Waals surface area contributed by atoms with Crippen molar-refractivity contribution in [2.75, 3.05) is 26.2 Å². The molecule has 0 fully saturated rings. The fourth-order valence-corrected chi connectivity index (χ4v) is 3.87. The Balaban J connectivity index is 2.04. The van der Waals surface area contributed by atoms with Crippen LogP contribution >= 0.6 is 0 Å². The van der Waals surface area contributed by atoms with E-state index >= 15 is 0 Å². The Hall–Kier alpha value is -3.55. The molecule has 1 N–H and O–H groups in total. The SMILES string of the molecule is COc1cc(C(=O)C(=O)N2c3ccccc3CC[C@H]2C(=O)NC(C)C)cc(OC)c1OC. The number of carbonyl (C=O) groups is 3. The van der Waals surface area contributed by atoms with E-state index < -0.39 is 17.7 Å². The summed E-state index contributed by atoms with van der Waals surface area (Å²) in [5.41, 5.74) is 1.55. The van der Waals surface area contributed by atoms with E-state index in [1.807, 2.05) is 26.0 Å². The van der Waals surface area contributed by atoms with Crippen LogP contribution in [0.1, 0.15) is 36.2 Å². The van der Waals surface area contributed by atoms with Crippen LogP contribution in [-0.4, -0.2) is 51.0 Å². The molecule has 1 aliphatic rings. The molecule has 3 rings (SSSR count). The number of hydrogen-bond donors (Lipinski definition) is 1. The maximum Gasteiger partial charge on any atom is 0.300 e. The Bertz CT molecular complexity index is 1010. The molecular weight excluding hydrogens is 412 g/mol. The summed E-state index contributed by atoms with van der Waals surface area (Å²) < 4.78 is 15.9. The average Bonchev–Trinajstić information content (AvgIpc) is 2.80. The van der Waals surface area contributed by atoms with Gasteiger partial charge in [-0.25, -0.2) is 0 Å². The molecule has 170 valence electrons. The molecule has 8 nitrogen and oxygen atoms in total. The van der Waals surface area contributed by atoms with Crippen molar-refractivity contribution in [3.8, 4) is 17.2 Å². The fraction of sp³-hybridized carbons (Fsp3) is 0.375. The Morgan fingerprint density at radius 1 is 1.00 bits per heavy atom. The first-order valence-electron chi connectivity index (χ1n) is 10.4. The highest BCUT2D eigenvalue weighted by molar-refractivity contribution is 6.48. The van der Waals surface area contributed by atoms with Gasteiger partial charge in [0.25, 0.3) is 11.7 Å². The van der Waals surface area contributed by atoms with E-state index in [2.05, 4.69) is 5.32 Å². The van der Waals surface area contributed by atoms with E-state index in [0.29, 0.717) is 24.3 Å². The van der Waals surface area contributed by atoms with Gasteiger partial charge in [-0.05, 0) is 50.5 Å². The first-order chi connectivity index (χ1) is 15.3. The summed E-state index contributed by atoms with van der Waals surface area (Å²) in [6.45, 7) is 3.70. The molecule has 0 bridgehead atoms. The Morgan fingerprint density at radius 2 is 1.62 bits per heavy atom. The molecular formula is C24H28N2O6. The molecule has 0 aromatic heterocycles. The number of methoxy groups -OCH3 is 3. The molecule has 1 aliphatic heterocycles. The van der Waals surface area contributed by atoms with Gasteiger partial charge >= 0.3 is 0 Å². The van der Waals surface area contributed by atoms with Crippen LogP contribution in [-0.2, 0) is 16.0 Å². The van der Waals surface area contributed by atoms with Gasteiger partial charge in [-0.1, -0.05) is 18.2 Å². The minimum Gasteiger partial charge on any atom is -0.493 e. The Labute approximate surface area is 187 Å². The van der Waals surface area contributed by atoms with Crippen LogP contribution in [0.2, 0.25) is 0 Å². The van der Waals surface area contributed by atoms with Gasteiger partial charge in [-0.3, -0.25) is 19.3 Å². The molecule has 2 amide bonds. The molecule has 0 saturated carbocycles. The molecule has 0 saturated heterocycles. The number of ether oxygens (including phenoxy) is 3. The number of rotatable bonds is 7. The van der Waals surface area contributed by atoms with E-state index in [1.165, 1.54) is 38.4 Å². The number of hydrogen-bond acceptors (Lipinski definition) is 6. The maximum absolute atomic E-state index is 13.5. The van der Waals surface area contributed by atoms with E-state index in [-0.39, 0.29) is 29.0 Å². The highest BCUT2D eigenvalue weighted by Gasteiger charge is 2.39. The van der Waals surface area contributed by atoms with Crippen LogP contribution in [0.4, 0.5) is 5.69 Å². The van der Waals surface area contributed by atoms with E-state index in [4.69, 9.17) is 14.2 Å². The van der Waals surface area contributed by atoms with Crippen LogP contribution in [0.15, 0.2) is 36.4 Å². The predicted molar refractivity (Wildman–Crippen MR) is 120 cm³/mol. The van der Waals surface area contributed by atoms with Gasteiger partial charge in [-0.2, -0.15) is 0 Å². The lowest BCUT2D eigenvalue weighted by Gasteiger charge is -2.36. The molecule has 8 heteroatoms. The van der Waals surface area contributed by atoms with Crippen molar-refractivity contribution in [3.05, 3.63) is 47.5 Å². The number of fused-ring (bicyclic) bond motifs is 1. The van der Waals surface area contributed by atoms with Crippen LogP contribution in [0.3, 0.4) is 0 Å². The smallest absolute Gasteiger partial charge is 0.300 e. The minimum atomic E-state index is -0.796. The van der Waals surface area contributed by atoms with E-state index in [0.717, 1.165) is 5.56 Å². The van der Waals surface area contributed by atoms with Crippen LogP contribution in [0, 0.1) is 0 Å². The van der Waals surface area contributed by atoms with Gasteiger partial charge in [-0.15, -0.1) is 0 Å². The van der Waals surface area contributed by atoms with Gasteiger partial charge in [0.2, 0.25) is 11.7 Å². The van der Waals surface area contributed by atoms with Crippen molar-refractivity contribution in [1.82, 2.24) is 5.32 Å². The largest absolute Gasteiger partial charge is 0.493 e. The van der Waals surface area contributed by atoms with Gasteiger partial charge in [0.15, 0.2) is 11.5 Å². The molecule has 0 radical (unpaired) electrons. The van der Waals surface area contributed by atoms with Gasteiger partial charge in [0.05, 0.1) is 21.3 Å². The number of benzene rings is 2. The van der Waals surface area contributed by atoms with Gasteiger partial charge in [0.1, 0.15) is 6.04 Å². The van der Waals surface area contributed by atoms with Crippen molar-refractivity contribution in [3.63, 3.8) is 0 Å². The summed E-state index contributed by atoms with van der Waals surface area (Å²) >= 11 is 0. The topological polar surface area (TPSA) is 94.2 Å². The van der Waals surface area contributed by atoms with Gasteiger partial charge in [0, 0.05) is 17.3 Å². The van der Waals surface area contributed by atoms with Gasteiger partial charge < -0.3 is 19.5 Å². The molecule has 0 aliphatic carbocycles. The minimum absolute atomic E-state index is 0.0792. The third-order valence-electron chi connectivity index (χ3n) is 5.32. The summed E-state index contributed by atoms with van der Waals surface area (Å²) in [7, 11) is 4.32. The summed E-state index contributed by atoms with van der Waals surface area (Å²) in [6.07, 6.45) is 1.05. The zero-order valence-electron chi connectivity index (χ0n) is 18.9. The summed E-state index contributed by atoms with van der Waals surface area (Å²) in [4.78, 5) is 41.0. The normalized spacial score (nSPS) is 15.1. The average molecular weight is 440 g/mol. The highest BCUT2D eigenvalue weighted by Crippen LogP contribution is 2.39. The quantitative estimate of drug-likeness (QED) is 0.526. The molecule has 1 heterocycles. The molecule has 2 aromatic carbocycles. The fourth-order valence-electron chi connectivity index (χ4n) is 3.87. The van der Waals surface area contributed by atoms with E-state index in [9.17, 15) is 14.4 Å². The summed E-state index contributed by atoms with van der Waals surface area (Å²) in [5, 5.41) is 2.86. The number of para-hydroxylation sites is 1. The number of nitrogens with zero attached hydrogens (tertiary/aromatic N) is 1. The standard InChI is InChI=1S/C24H28N2O6/c1-14(2)25-23(28)18-11-10-15-8-6-7-9-17(15)26(18)24(29)21(27)16-12-19(30-3)22(32-5)20(13-16)31-4/h6-9,12-14,18H,10-11H2,1-5H3,(H,25,28)/t18-/m0/s1. The van der Waals surface area contributed by atoms with Crippen LogP contribution in [0.25, 0.3) is 0 Å². The predicted octanol–water partition coefficient (Wildman–Crippen LogP) is 2.77. The molecule has 0 spiro atoms. The zero-order valence-corrected chi connectivity index (χ0v) is 18.9. The number of anilines is 1. The third kappa shape index (κ3) is 4.39. The Kier molecular flexibility index (Phi) is 7.02. The number of Topliss-reactive ketones (excluding diaryl/α,β-unsaturated/α-hetero) is 1. The van der Waals surface area contributed by atoms with Crippen molar-refractivity contribution < 1.29 is 28.6 Å². The lowest BCUT2D eigenvalue weighted by molar-refractivity contribution is -0.125. The van der Waals surface area contributed by atoms with Crippen molar-refractivity contribution in [1.29, 1.82) is 0 Å². The second kappa shape index (κ2) is 9.72. The first-order valence-corrected chi connectivity index (χ1v) is 10.4. The lowest BCUT2D eigenvalue weighted by Crippen LogP contribution is -2.55. The van der Waals surface area contributed by atoms with Crippen molar-refractivity contribution >= 4 is 23.3 Å². The van der Waals surface area contributed by atoms with Crippen LogP contribution in [0.5, 0.6) is 17.2 Å². The Morgan fingerprint density at radius 3 is 2.19 bits per heavy atom. The number of aryl methyl sites for hydroxylation is 1. The second-order valence-corrected chi connectivity index (χ2v) is 7.76. The first kappa shape index (κ1) is 23.1. The zero-order chi connectivity index (χ0) is 23.4. The molecule has 1 atom stereocenters. The number of ketones is 1. The van der Waals surface area contributed by atoms with Crippen molar-refractivity contribution in [2.45, 2.75) is 38.8 Å². The lowest BCUT2D eigenvalue weighted by atomic mass is 9.94. The maximum atomic E-state index is 13.5. The number of nitrogens with one attached hydrogen (secondary N) is 1. The van der Waals surface area contributed by atoms with Crippen LogP contribution < -0.4 is 24.4 Å². The van der Waals surface area contributed by atoms with Crippen molar-refractivity contribution in [2.24, 2.45) is 0 Å². The molecule has 0 unspecified atom stereocenters. The summed E-state index contributed by atoms with van der Waals surface area (Å²) in [5.74, 6) is -1.03. The third-order valence-corrected chi connectivity index (χ3v) is 5.32. The number of amides is 2. The van der Waals surface area contributed by atoms with E-state index in [1.54, 1.807) is 12.1 Å². The summed E-state index contributed by atoms with van der Waals surface area (Å²) in [6, 6.07) is 9.29. The second-order valence-electron chi connectivity index (χ2n) is 7.76. The molecule has 2 aromatic rings.